The highest BCUT2D eigenvalue weighted by Gasteiger charge is 2.28. The Labute approximate surface area is 148 Å². The highest BCUT2D eigenvalue weighted by molar-refractivity contribution is 5.75. The van der Waals surface area contributed by atoms with Crippen molar-refractivity contribution in [1.82, 2.24) is 15.3 Å². The largest absolute Gasteiger partial charge is 0.480 e. The number of benzene rings is 1. The number of rotatable bonds is 4. The third-order valence-electron chi connectivity index (χ3n) is 3.90. The van der Waals surface area contributed by atoms with Gasteiger partial charge >= 0.3 is 12.1 Å². The van der Waals surface area contributed by atoms with Crippen LogP contribution in [-0.2, 0) is 9.53 Å². The van der Waals surface area contributed by atoms with E-state index in [1.165, 1.54) is 0 Å². The van der Waals surface area contributed by atoms with Crippen LogP contribution in [0.5, 0.6) is 0 Å². The van der Waals surface area contributed by atoms with Crippen LogP contribution >= 0.6 is 0 Å². The summed E-state index contributed by atoms with van der Waals surface area (Å²) in [6.07, 6.45) is -0.333. The summed E-state index contributed by atoms with van der Waals surface area (Å²) < 4.78 is 5.37. The zero-order chi connectivity index (χ0) is 18.6. The van der Waals surface area contributed by atoms with Crippen LogP contribution in [0.25, 0.3) is 0 Å². The highest BCUT2D eigenvalue weighted by atomic mass is 16.6. The van der Waals surface area contributed by atoms with E-state index in [1.54, 1.807) is 4.90 Å². The van der Waals surface area contributed by atoms with Crippen LogP contribution in [0.15, 0.2) is 24.3 Å². The van der Waals surface area contributed by atoms with Gasteiger partial charge in [-0.25, -0.2) is 15.2 Å². The molecule has 1 unspecified atom stereocenters. The van der Waals surface area contributed by atoms with Gasteiger partial charge in [0.05, 0.1) is 0 Å². The molecule has 138 valence electrons. The number of aliphatic carboxylic acids is 1. The number of ether oxygens (including phenoxy) is 1. The maximum absolute atomic E-state index is 12.1. The minimum absolute atomic E-state index is 0.333. The van der Waals surface area contributed by atoms with Crippen molar-refractivity contribution in [3.05, 3.63) is 35.4 Å². The van der Waals surface area contributed by atoms with Crippen LogP contribution in [0.1, 0.15) is 37.9 Å². The van der Waals surface area contributed by atoms with E-state index in [0.717, 1.165) is 5.56 Å². The number of hydrazine groups is 1. The SMILES string of the molecule is Cc1ccc(C(NN2CCN(C(=O)OC(C)(C)C)CC2)C(=O)O)cc1. The Morgan fingerprint density at radius 2 is 1.68 bits per heavy atom. The second-order valence-corrected chi connectivity index (χ2v) is 7.27. The van der Waals surface area contributed by atoms with Crippen molar-refractivity contribution in [2.45, 2.75) is 39.3 Å². The van der Waals surface area contributed by atoms with Crippen LogP contribution in [0, 0.1) is 6.92 Å². The minimum atomic E-state index is -0.932. The molecule has 0 aromatic heterocycles. The van der Waals surface area contributed by atoms with E-state index in [0.29, 0.717) is 31.7 Å². The van der Waals surface area contributed by atoms with Crippen LogP contribution in [0.4, 0.5) is 4.79 Å². The summed E-state index contributed by atoms with van der Waals surface area (Å²) in [5.74, 6) is -0.932. The number of carbonyl (C=O) groups is 2. The molecule has 2 rings (SSSR count). The Morgan fingerprint density at radius 3 is 2.16 bits per heavy atom. The molecular formula is C18H27N3O4. The Morgan fingerprint density at radius 1 is 1.12 bits per heavy atom. The van der Waals surface area contributed by atoms with E-state index in [2.05, 4.69) is 5.43 Å². The molecule has 1 atom stereocenters. The predicted molar refractivity (Wildman–Crippen MR) is 94.1 cm³/mol. The smallest absolute Gasteiger partial charge is 0.410 e. The van der Waals surface area contributed by atoms with E-state index in [1.807, 2.05) is 57.0 Å². The second-order valence-electron chi connectivity index (χ2n) is 7.27. The van der Waals surface area contributed by atoms with Gasteiger partial charge in [-0.3, -0.25) is 4.79 Å². The van der Waals surface area contributed by atoms with Crippen LogP contribution in [-0.4, -0.2) is 58.9 Å². The van der Waals surface area contributed by atoms with Crippen molar-refractivity contribution in [2.24, 2.45) is 0 Å². The summed E-state index contributed by atoms with van der Waals surface area (Å²) in [7, 11) is 0. The van der Waals surface area contributed by atoms with E-state index >= 15 is 0 Å². The van der Waals surface area contributed by atoms with Gasteiger partial charge < -0.3 is 14.7 Å². The number of aryl methyl sites for hydroxylation is 1. The second kappa shape index (κ2) is 7.84. The number of amides is 1. The first-order chi connectivity index (χ1) is 11.7. The summed E-state index contributed by atoms with van der Waals surface area (Å²) in [5, 5.41) is 11.4. The van der Waals surface area contributed by atoms with Gasteiger partial charge in [0.1, 0.15) is 11.6 Å². The number of hydrogen-bond donors (Lipinski definition) is 2. The van der Waals surface area contributed by atoms with E-state index in [9.17, 15) is 14.7 Å². The van der Waals surface area contributed by atoms with Gasteiger partial charge in [-0.2, -0.15) is 0 Å². The molecule has 1 aromatic rings. The topological polar surface area (TPSA) is 82.1 Å². The van der Waals surface area contributed by atoms with E-state index < -0.39 is 17.6 Å². The van der Waals surface area contributed by atoms with Crippen molar-refractivity contribution in [3.63, 3.8) is 0 Å². The summed E-state index contributed by atoms with van der Waals surface area (Å²) in [6.45, 7) is 9.52. The molecule has 0 bridgehead atoms. The molecule has 1 fully saturated rings. The number of carboxylic acid groups (broad SMARTS) is 1. The lowest BCUT2D eigenvalue weighted by Gasteiger charge is -2.36. The number of carboxylic acids is 1. The van der Waals surface area contributed by atoms with Gasteiger partial charge in [-0.15, -0.1) is 0 Å². The summed E-state index contributed by atoms with van der Waals surface area (Å²) in [6, 6.07) is 6.62. The quantitative estimate of drug-likeness (QED) is 0.867. The molecule has 0 radical (unpaired) electrons. The molecule has 1 saturated heterocycles. The fraction of sp³-hybridized carbons (Fsp3) is 0.556. The van der Waals surface area contributed by atoms with Gasteiger partial charge in [0.25, 0.3) is 0 Å². The molecule has 1 aliphatic heterocycles. The Kier molecular flexibility index (Phi) is 6.02. The number of piperazine rings is 1. The summed E-state index contributed by atoms with van der Waals surface area (Å²) in [5.41, 5.74) is 4.32. The fourth-order valence-electron chi connectivity index (χ4n) is 2.56. The molecule has 1 heterocycles. The summed E-state index contributed by atoms with van der Waals surface area (Å²) in [4.78, 5) is 25.3. The van der Waals surface area contributed by atoms with E-state index in [-0.39, 0.29) is 6.09 Å². The molecule has 7 heteroatoms. The molecule has 7 nitrogen and oxygen atoms in total. The number of hydrogen-bond acceptors (Lipinski definition) is 5. The average Bonchev–Trinajstić information content (AvgIpc) is 2.52. The average molecular weight is 349 g/mol. The lowest BCUT2D eigenvalue weighted by atomic mass is 10.1. The van der Waals surface area contributed by atoms with Crippen molar-refractivity contribution in [2.75, 3.05) is 26.2 Å². The third-order valence-corrected chi connectivity index (χ3v) is 3.90. The monoisotopic (exact) mass is 349 g/mol. The lowest BCUT2D eigenvalue weighted by Crippen LogP contribution is -2.55. The Balaban J connectivity index is 1.92. The van der Waals surface area contributed by atoms with Crippen LogP contribution < -0.4 is 5.43 Å². The van der Waals surface area contributed by atoms with Crippen molar-refractivity contribution in [3.8, 4) is 0 Å². The zero-order valence-corrected chi connectivity index (χ0v) is 15.3. The van der Waals surface area contributed by atoms with Gasteiger partial charge in [-0.05, 0) is 33.3 Å². The Bertz CT molecular complexity index is 602. The van der Waals surface area contributed by atoms with Gasteiger partial charge in [0.15, 0.2) is 0 Å². The van der Waals surface area contributed by atoms with Gasteiger partial charge in [0.2, 0.25) is 0 Å². The molecule has 2 N–H and O–H groups in total. The molecule has 25 heavy (non-hydrogen) atoms. The van der Waals surface area contributed by atoms with E-state index in [4.69, 9.17) is 4.74 Å². The first-order valence-corrected chi connectivity index (χ1v) is 8.44. The molecule has 1 aliphatic rings. The highest BCUT2D eigenvalue weighted by Crippen LogP contribution is 2.16. The molecule has 0 spiro atoms. The van der Waals surface area contributed by atoms with Crippen LogP contribution in [0.2, 0.25) is 0 Å². The van der Waals surface area contributed by atoms with Crippen LogP contribution in [0.3, 0.4) is 0 Å². The molecule has 0 aliphatic carbocycles. The first kappa shape index (κ1) is 19.2. The number of carbonyl (C=O) groups excluding carboxylic acids is 1. The molecule has 0 saturated carbocycles. The normalized spacial score (nSPS) is 17.2. The molecule has 1 aromatic carbocycles. The fourth-order valence-corrected chi connectivity index (χ4v) is 2.56. The first-order valence-electron chi connectivity index (χ1n) is 8.44. The third kappa shape index (κ3) is 5.72. The maximum Gasteiger partial charge on any atom is 0.410 e. The maximum atomic E-state index is 12.1. The van der Waals surface area contributed by atoms with Gasteiger partial charge in [-0.1, -0.05) is 29.8 Å². The van der Waals surface area contributed by atoms with Gasteiger partial charge in [0, 0.05) is 26.2 Å². The molecular weight excluding hydrogens is 322 g/mol. The molecule has 1 amide bonds. The van der Waals surface area contributed by atoms with Crippen molar-refractivity contribution >= 4 is 12.1 Å². The predicted octanol–water partition coefficient (Wildman–Crippen LogP) is 2.18. The standard InChI is InChI=1S/C18H27N3O4/c1-13-5-7-14(8-6-13)15(16(22)23)19-21-11-9-20(10-12-21)17(24)25-18(2,3)4/h5-8,15,19H,9-12H2,1-4H3,(H,22,23). The number of nitrogens with zero attached hydrogens (tertiary/aromatic N) is 2. The minimum Gasteiger partial charge on any atom is -0.480 e. The van der Waals surface area contributed by atoms with Crippen molar-refractivity contribution < 1.29 is 19.4 Å². The van der Waals surface area contributed by atoms with Crippen molar-refractivity contribution in [1.29, 1.82) is 0 Å². The lowest BCUT2D eigenvalue weighted by molar-refractivity contribution is -0.141. The summed E-state index contributed by atoms with van der Waals surface area (Å²) >= 11 is 0. The zero-order valence-electron chi connectivity index (χ0n) is 15.3. The Hall–Kier alpha value is -2.12. The number of nitrogens with one attached hydrogen (secondary N) is 1.